The molecule has 0 aromatic heterocycles. The Morgan fingerprint density at radius 3 is 2.46 bits per heavy atom. The van der Waals surface area contributed by atoms with Crippen LogP contribution in [0.5, 0.6) is 17.2 Å². The van der Waals surface area contributed by atoms with Gasteiger partial charge in [0.2, 0.25) is 0 Å². The number of halogens is 1. The molecule has 0 aliphatic rings. The van der Waals surface area contributed by atoms with E-state index in [1.54, 1.807) is 14.2 Å². The molecular weight excluding hydrogens is 370 g/mol. The summed E-state index contributed by atoms with van der Waals surface area (Å²) >= 11 is 3.40. The van der Waals surface area contributed by atoms with Crippen LogP contribution in [-0.4, -0.2) is 32.3 Å². The van der Waals surface area contributed by atoms with Crippen LogP contribution in [0.1, 0.15) is 17.5 Å². The summed E-state index contributed by atoms with van der Waals surface area (Å²) < 4.78 is 16.4. The van der Waals surface area contributed by atoms with Gasteiger partial charge in [-0.25, -0.2) is 0 Å². The molecule has 2 aromatic rings. The minimum atomic E-state index is 0.471. The number of rotatable bonds is 9. The molecule has 2 rings (SSSR count). The molecular formula is C19H22BrNO3. The van der Waals surface area contributed by atoms with Crippen LogP contribution in [0.2, 0.25) is 0 Å². The largest absolute Gasteiger partial charge is 0.497 e. The van der Waals surface area contributed by atoms with Gasteiger partial charge in [-0.15, -0.1) is 0 Å². The third-order valence-corrected chi connectivity index (χ3v) is 3.96. The quantitative estimate of drug-likeness (QED) is 0.359. The van der Waals surface area contributed by atoms with Crippen molar-refractivity contribution in [1.82, 2.24) is 0 Å². The van der Waals surface area contributed by atoms with Crippen molar-refractivity contribution < 1.29 is 14.2 Å². The van der Waals surface area contributed by atoms with E-state index >= 15 is 0 Å². The predicted molar refractivity (Wildman–Crippen MR) is 101 cm³/mol. The minimum Gasteiger partial charge on any atom is -0.497 e. The van der Waals surface area contributed by atoms with Crippen molar-refractivity contribution in [2.45, 2.75) is 13.0 Å². The third kappa shape index (κ3) is 5.57. The fourth-order valence-corrected chi connectivity index (χ4v) is 2.34. The van der Waals surface area contributed by atoms with Crippen molar-refractivity contribution >= 4 is 22.1 Å². The molecule has 0 unspecified atom stereocenters. The zero-order chi connectivity index (χ0) is 17.2. The van der Waals surface area contributed by atoms with Crippen LogP contribution in [0.3, 0.4) is 0 Å². The SMILES string of the molecule is COc1ccc(COc2ccc(C=NCCCBr)cc2OC)cc1. The highest BCUT2D eigenvalue weighted by Crippen LogP contribution is 2.28. The molecule has 24 heavy (non-hydrogen) atoms. The molecule has 0 saturated carbocycles. The maximum atomic E-state index is 5.87. The van der Waals surface area contributed by atoms with E-state index in [2.05, 4.69) is 20.9 Å². The van der Waals surface area contributed by atoms with Crippen LogP contribution in [0.15, 0.2) is 47.5 Å². The zero-order valence-corrected chi connectivity index (χ0v) is 15.6. The summed E-state index contributed by atoms with van der Waals surface area (Å²) in [4.78, 5) is 4.38. The molecule has 5 heteroatoms. The molecule has 4 nitrogen and oxygen atoms in total. The number of hydrogen-bond donors (Lipinski definition) is 0. The van der Waals surface area contributed by atoms with Crippen LogP contribution in [0, 0.1) is 0 Å². The van der Waals surface area contributed by atoms with Crippen molar-refractivity contribution in [3.8, 4) is 17.2 Å². The average molecular weight is 392 g/mol. The molecule has 0 amide bonds. The molecule has 0 fully saturated rings. The lowest BCUT2D eigenvalue weighted by Crippen LogP contribution is -1.98. The van der Waals surface area contributed by atoms with Crippen LogP contribution in [0.25, 0.3) is 0 Å². The summed E-state index contributed by atoms with van der Waals surface area (Å²) in [5.41, 5.74) is 2.07. The first kappa shape index (κ1) is 18.3. The highest BCUT2D eigenvalue weighted by Gasteiger charge is 2.06. The highest BCUT2D eigenvalue weighted by molar-refractivity contribution is 9.09. The molecule has 2 aromatic carbocycles. The number of aliphatic imine (C=N–C) groups is 1. The van der Waals surface area contributed by atoms with Crippen LogP contribution >= 0.6 is 15.9 Å². The second kappa shape index (κ2) is 9.98. The summed E-state index contributed by atoms with van der Waals surface area (Å²) in [7, 11) is 3.29. The molecule has 0 N–H and O–H groups in total. The lowest BCUT2D eigenvalue weighted by Gasteiger charge is -2.11. The average Bonchev–Trinajstić information content (AvgIpc) is 2.64. The Labute approximate surface area is 151 Å². The topological polar surface area (TPSA) is 40.0 Å². The van der Waals surface area contributed by atoms with Gasteiger partial charge in [0.05, 0.1) is 14.2 Å². The molecule has 0 atom stereocenters. The van der Waals surface area contributed by atoms with Gasteiger partial charge in [-0.05, 0) is 47.9 Å². The van der Waals surface area contributed by atoms with Crippen LogP contribution in [0.4, 0.5) is 0 Å². The summed E-state index contributed by atoms with van der Waals surface area (Å²) in [6.45, 7) is 1.28. The van der Waals surface area contributed by atoms with Gasteiger partial charge in [0, 0.05) is 18.1 Å². The van der Waals surface area contributed by atoms with Gasteiger partial charge in [0.25, 0.3) is 0 Å². The van der Waals surface area contributed by atoms with E-state index < -0.39 is 0 Å². The van der Waals surface area contributed by atoms with Gasteiger partial charge in [0.15, 0.2) is 11.5 Å². The number of benzene rings is 2. The van der Waals surface area contributed by atoms with Gasteiger partial charge < -0.3 is 14.2 Å². The van der Waals surface area contributed by atoms with Crippen molar-refractivity contribution in [3.63, 3.8) is 0 Å². The first-order valence-corrected chi connectivity index (χ1v) is 8.88. The number of nitrogens with zero attached hydrogens (tertiary/aromatic N) is 1. The van der Waals surface area contributed by atoms with E-state index in [0.29, 0.717) is 18.1 Å². The number of ether oxygens (including phenoxy) is 3. The van der Waals surface area contributed by atoms with Crippen molar-refractivity contribution in [3.05, 3.63) is 53.6 Å². The first-order valence-electron chi connectivity index (χ1n) is 7.76. The standard InChI is InChI=1S/C19H22BrNO3/c1-22-17-7-4-15(5-8-17)14-24-18-9-6-16(12-19(18)23-2)13-21-11-3-10-20/h4-9,12-13H,3,10-11,14H2,1-2H3. The van der Waals surface area contributed by atoms with E-state index in [4.69, 9.17) is 14.2 Å². The minimum absolute atomic E-state index is 0.471. The lowest BCUT2D eigenvalue weighted by molar-refractivity contribution is 0.284. The predicted octanol–water partition coefficient (Wildman–Crippen LogP) is 4.49. The molecule has 0 heterocycles. The monoisotopic (exact) mass is 391 g/mol. The van der Waals surface area contributed by atoms with E-state index in [0.717, 1.165) is 35.2 Å². The van der Waals surface area contributed by atoms with Crippen molar-refractivity contribution in [2.24, 2.45) is 4.99 Å². The molecule has 128 valence electrons. The Kier molecular flexibility index (Phi) is 7.62. The summed E-state index contributed by atoms with van der Waals surface area (Å²) in [6, 6.07) is 13.6. The van der Waals surface area contributed by atoms with Gasteiger partial charge in [-0.3, -0.25) is 4.99 Å². The van der Waals surface area contributed by atoms with Crippen molar-refractivity contribution in [1.29, 1.82) is 0 Å². The number of hydrogen-bond acceptors (Lipinski definition) is 4. The Balaban J connectivity index is 2.00. The maximum absolute atomic E-state index is 5.87. The van der Waals surface area contributed by atoms with Crippen LogP contribution < -0.4 is 14.2 Å². The zero-order valence-electron chi connectivity index (χ0n) is 14.0. The fraction of sp³-hybridized carbons (Fsp3) is 0.316. The van der Waals surface area contributed by atoms with Gasteiger partial charge in [-0.1, -0.05) is 28.1 Å². The summed E-state index contributed by atoms with van der Waals surface area (Å²) in [6.07, 6.45) is 2.88. The van der Waals surface area contributed by atoms with Gasteiger partial charge in [0.1, 0.15) is 12.4 Å². The molecule has 0 aliphatic carbocycles. The second-order valence-corrected chi connectivity index (χ2v) is 5.92. The number of methoxy groups -OCH3 is 2. The van der Waals surface area contributed by atoms with Crippen LogP contribution in [-0.2, 0) is 6.61 Å². The molecule has 0 bridgehead atoms. The van der Waals surface area contributed by atoms with E-state index in [1.165, 1.54) is 0 Å². The van der Waals surface area contributed by atoms with E-state index in [-0.39, 0.29) is 0 Å². The Hall–Kier alpha value is -2.01. The van der Waals surface area contributed by atoms with Gasteiger partial charge in [-0.2, -0.15) is 0 Å². The third-order valence-electron chi connectivity index (χ3n) is 3.40. The van der Waals surface area contributed by atoms with E-state index in [1.807, 2.05) is 48.7 Å². The summed E-state index contributed by atoms with van der Waals surface area (Å²) in [5, 5.41) is 0.964. The molecule has 0 spiro atoms. The first-order chi connectivity index (χ1) is 11.8. The maximum Gasteiger partial charge on any atom is 0.161 e. The Morgan fingerprint density at radius 1 is 1.00 bits per heavy atom. The van der Waals surface area contributed by atoms with Crippen molar-refractivity contribution in [2.75, 3.05) is 26.1 Å². The molecule has 0 aliphatic heterocycles. The van der Waals surface area contributed by atoms with Gasteiger partial charge >= 0.3 is 0 Å². The smallest absolute Gasteiger partial charge is 0.161 e. The normalized spacial score (nSPS) is 10.8. The Morgan fingerprint density at radius 2 is 1.79 bits per heavy atom. The molecule has 0 saturated heterocycles. The number of alkyl halides is 1. The summed E-state index contributed by atoms with van der Waals surface area (Å²) in [5.74, 6) is 2.25. The Bertz CT molecular complexity index is 656. The molecule has 0 radical (unpaired) electrons. The highest BCUT2D eigenvalue weighted by atomic mass is 79.9. The fourth-order valence-electron chi connectivity index (χ4n) is 2.09. The lowest BCUT2D eigenvalue weighted by atomic mass is 10.2. The second-order valence-electron chi connectivity index (χ2n) is 5.12. The van der Waals surface area contributed by atoms with E-state index in [9.17, 15) is 0 Å².